The van der Waals surface area contributed by atoms with Gasteiger partial charge in [0.2, 0.25) is 23.7 Å². The lowest BCUT2D eigenvalue weighted by atomic mass is 9.68. The molecule has 2 aliphatic heterocycles. The lowest BCUT2D eigenvalue weighted by Gasteiger charge is -2.38. The van der Waals surface area contributed by atoms with E-state index in [4.69, 9.17) is 4.74 Å². The van der Waals surface area contributed by atoms with Gasteiger partial charge in [-0.15, -0.1) is 0 Å². The molecule has 234 valence electrons. The van der Waals surface area contributed by atoms with Crippen molar-refractivity contribution in [2.45, 2.75) is 51.7 Å². The summed E-state index contributed by atoms with van der Waals surface area (Å²) in [5.41, 5.74) is -4.41. The number of amides is 3. The average Bonchev–Trinajstić information content (AvgIpc) is 3.42. The Morgan fingerprint density at radius 1 is 1.10 bits per heavy atom. The minimum Gasteiger partial charge on any atom is -0.466 e. The number of fused-ring (bicyclic) bond motifs is 1. The summed E-state index contributed by atoms with van der Waals surface area (Å²) in [6, 6.07) is 0.906. The van der Waals surface area contributed by atoms with Gasteiger partial charge >= 0.3 is 12.1 Å². The molecule has 2 saturated heterocycles. The Morgan fingerprint density at radius 3 is 2.43 bits per heavy atom. The molecular weight excluding hydrogens is 566 g/mol. The van der Waals surface area contributed by atoms with Crippen molar-refractivity contribution in [1.29, 1.82) is 0 Å². The highest BCUT2D eigenvalue weighted by atomic mass is 19.4. The maximum Gasteiger partial charge on any atom is 0.398 e. The fourth-order valence-corrected chi connectivity index (χ4v) is 5.92. The van der Waals surface area contributed by atoms with Crippen molar-refractivity contribution in [2.75, 3.05) is 52.5 Å². The first-order chi connectivity index (χ1) is 19.8. The number of carbonyl (C=O) groups is 4. The van der Waals surface area contributed by atoms with Gasteiger partial charge in [-0.2, -0.15) is 17.6 Å². The lowest BCUT2D eigenvalue weighted by Crippen LogP contribution is -2.53. The monoisotopic (exact) mass is 603 g/mol. The van der Waals surface area contributed by atoms with E-state index in [-0.39, 0.29) is 44.4 Å². The predicted octanol–water partition coefficient (Wildman–Crippen LogP) is 1.32. The Balaban J connectivity index is 1.86. The Kier molecular flexibility index (Phi) is 10.9. The summed E-state index contributed by atoms with van der Waals surface area (Å²) in [6.07, 6.45) is -4.05. The molecule has 1 aromatic heterocycles. The molecule has 0 aliphatic carbocycles. The number of carbonyl (C=O) groups excluding carboxylic acids is 4. The summed E-state index contributed by atoms with van der Waals surface area (Å²) < 4.78 is 63.7. The molecule has 0 saturated carbocycles. The van der Waals surface area contributed by atoms with Gasteiger partial charge in [-0.3, -0.25) is 24.1 Å². The number of pyridine rings is 1. The first kappa shape index (κ1) is 33.2. The summed E-state index contributed by atoms with van der Waals surface area (Å²) >= 11 is 0. The molecule has 0 spiro atoms. The van der Waals surface area contributed by atoms with Crippen LogP contribution in [0.5, 0.6) is 0 Å². The maximum absolute atomic E-state index is 14.9. The normalized spacial score (nSPS) is 22.9. The van der Waals surface area contributed by atoms with Gasteiger partial charge in [0.05, 0.1) is 13.2 Å². The minimum absolute atomic E-state index is 0.0129. The van der Waals surface area contributed by atoms with E-state index in [2.05, 4.69) is 15.6 Å². The van der Waals surface area contributed by atoms with Crippen LogP contribution in [0.2, 0.25) is 0 Å². The Bertz CT molecular complexity index is 1150. The van der Waals surface area contributed by atoms with E-state index in [0.29, 0.717) is 6.54 Å². The van der Waals surface area contributed by atoms with Crippen molar-refractivity contribution in [2.24, 2.45) is 10.8 Å². The smallest absolute Gasteiger partial charge is 0.398 e. The number of likely N-dealkylation sites (tertiary alicyclic amines) is 2. The molecule has 0 aromatic carbocycles. The Morgan fingerprint density at radius 2 is 1.83 bits per heavy atom. The van der Waals surface area contributed by atoms with Crippen LogP contribution in [0.15, 0.2) is 18.3 Å². The quantitative estimate of drug-likeness (QED) is 0.133. The fourth-order valence-electron chi connectivity index (χ4n) is 5.92. The number of alkyl halides is 3. The first-order valence-corrected chi connectivity index (χ1v) is 13.8. The van der Waals surface area contributed by atoms with E-state index >= 15 is 0 Å². The second-order valence-electron chi connectivity index (χ2n) is 10.6. The molecular formula is C27H37F4N5O6. The van der Waals surface area contributed by atoms with Gasteiger partial charge < -0.3 is 25.4 Å². The molecule has 3 amide bonds. The van der Waals surface area contributed by atoms with E-state index in [1.807, 2.05) is 0 Å². The molecule has 2 aliphatic rings. The van der Waals surface area contributed by atoms with E-state index < -0.39 is 85.5 Å². The standard InChI is InChI=1S/C27H37F4N5O6/c1-3-32-20(38)7-8-21(39)35-13-25(17-37)14-36(16-26(25,15-35)27(29,30)31)23(18-9-11-33-19(28)12-18)24(41)34-10-5-6-22(40)42-4-2/h9,11-12,23,37H,3-8,10,13-17H2,1-2H3,(H,32,38)(H,34,41). The number of halogens is 4. The molecule has 1 aromatic rings. The maximum atomic E-state index is 14.9. The molecule has 0 radical (unpaired) electrons. The SMILES string of the molecule is CCNC(=O)CCC(=O)N1CC2(CO)CN(C(C(=O)NCCCC(=O)OCC)c3ccnc(F)c3)CC2(C(F)(F)F)C1. The van der Waals surface area contributed by atoms with E-state index in [0.717, 1.165) is 17.2 Å². The number of rotatable bonds is 13. The minimum atomic E-state index is -4.89. The fraction of sp³-hybridized carbons (Fsp3) is 0.667. The van der Waals surface area contributed by atoms with Crippen LogP contribution in [0.4, 0.5) is 17.6 Å². The van der Waals surface area contributed by atoms with Gasteiger partial charge in [0.1, 0.15) is 11.5 Å². The van der Waals surface area contributed by atoms with Gasteiger partial charge in [0, 0.05) is 70.1 Å². The number of aliphatic hydroxyl groups is 1. The number of aliphatic hydroxyl groups excluding tert-OH is 1. The van der Waals surface area contributed by atoms with Crippen LogP contribution in [0.1, 0.15) is 51.1 Å². The van der Waals surface area contributed by atoms with Crippen LogP contribution in [0.25, 0.3) is 0 Å². The highest BCUT2D eigenvalue weighted by Crippen LogP contribution is 2.61. The van der Waals surface area contributed by atoms with Crippen LogP contribution in [0, 0.1) is 16.8 Å². The van der Waals surface area contributed by atoms with Gasteiger partial charge in [-0.25, -0.2) is 4.98 Å². The molecule has 3 N–H and O–H groups in total. The van der Waals surface area contributed by atoms with Crippen molar-refractivity contribution in [3.8, 4) is 0 Å². The molecule has 3 atom stereocenters. The topological polar surface area (TPSA) is 141 Å². The Labute approximate surface area is 241 Å². The number of aromatic nitrogens is 1. The van der Waals surface area contributed by atoms with Crippen molar-refractivity contribution in [3.05, 3.63) is 29.8 Å². The third-order valence-electron chi connectivity index (χ3n) is 7.93. The molecule has 3 heterocycles. The Hall–Kier alpha value is -3.33. The van der Waals surface area contributed by atoms with Crippen LogP contribution >= 0.6 is 0 Å². The van der Waals surface area contributed by atoms with Crippen molar-refractivity contribution >= 4 is 23.7 Å². The highest BCUT2D eigenvalue weighted by molar-refractivity contribution is 5.84. The molecule has 11 nitrogen and oxygen atoms in total. The molecule has 3 unspecified atom stereocenters. The zero-order valence-electron chi connectivity index (χ0n) is 23.6. The van der Waals surface area contributed by atoms with Crippen molar-refractivity contribution in [3.63, 3.8) is 0 Å². The summed E-state index contributed by atoms with van der Waals surface area (Å²) in [4.78, 5) is 55.4. The van der Waals surface area contributed by atoms with Gasteiger partial charge in [-0.1, -0.05) is 0 Å². The summed E-state index contributed by atoms with van der Waals surface area (Å²) in [5, 5.41) is 15.6. The number of hydrogen-bond acceptors (Lipinski definition) is 8. The van der Waals surface area contributed by atoms with Crippen LogP contribution in [0.3, 0.4) is 0 Å². The van der Waals surface area contributed by atoms with Crippen molar-refractivity contribution in [1.82, 2.24) is 25.4 Å². The molecule has 15 heteroatoms. The number of hydrogen-bond donors (Lipinski definition) is 3. The largest absolute Gasteiger partial charge is 0.466 e. The predicted molar refractivity (Wildman–Crippen MR) is 140 cm³/mol. The van der Waals surface area contributed by atoms with Gasteiger partial charge in [-0.05, 0) is 38.0 Å². The molecule has 3 rings (SSSR count). The van der Waals surface area contributed by atoms with Crippen LogP contribution in [-0.2, 0) is 23.9 Å². The highest BCUT2D eigenvalue weighted by Gasteiger charge is 2.75. The van der Waals surface area contributed by atoms with Crippen LogP contribution in [-0.4, -0.2) is 102 Å². The number of nitrogens with zero attached hydrogens (tertiary/aromatic N) is 3. The summed E-state index contributed by atoms with van der Waals surface area (Å²) in [6.45, 7) is 0.600. The van der Waals surface area contributed by atoms with E-state index in [9.17, 15) is 41.8 Å². The zero-order chi connectivity index (χ0) is 31.1. The van der Waals surface area contributed by atoms with Gasteiger partial charge in [0.25, 0.3) is 0 Å². The molecule has 42 heavy (non-hydrogen) atoms. The van der Waals surface area contributed by atoms with Crippen LogP contribution < -0.4 is 10.6 Å². The zero-order valence-corrected chi connectivity index (χ0v) is 23.6. The van der Waals surface area contributed by atoms with Gasteiger partial charge in [0.15, 0.2) is 0 Å². The number of ether oxygens (including phenoxy) is 1. The second kappa shape index (κ2) is 13.8. The first-order valence-electron chi connectivity index (χ1n) is 13.8. The molecule has 2 fully saturated rings. The number of esters is 1. The van der Waals surface area contributed by atoms with Crippen molar-refractivity contribution < 1.29 is 46.6 Å². The number of nitrogens with one attached hydrogen (secondary N) is 2. The van der Waals surface area contributed by atoms with E-state index in [1.54, 1.807) is 13.8 Å². The lowest BCUT2D eigenvalue weighted by molar-refractivity contribution is -0.242. The average molecular weight is 604 g/mol. The summed E-state index contributed by atoms with van der Waals surface area (Å²) in [7, 11) is 0. The van der Waals surface area contributed by atoms with E-state index in [1.165, 1.54) is 11.0 Å². The third kappa shape index (κ3) is 7.00. The third-order valence-corrected chi connectivity index (χ3v) is 7.93. The molecule has 0 bridgehead atoms. The summed E-state index contributed by atoms with van der Waals surface area (Å²) in [5.74, 6) is -3.16. The second-order valence-corrected chi connectivity index (χ2v) is 10.6.